The number of carboxylic acids is 1. The Labute approximate surface area is 93.9 Å². The molecule has 0 amide bonds. The van der Waals surface area contributed by atoms with Crippen molar-refractivity contribution in [2.24, 2.45) is 4.99 Å². The van der Waals surface area contributed by atoms with E-state index in [-0.39, 0.29) is 13.0 Å². The number of aliphatic hydroxyl groups is 1. The van der Waals surface area contributed by atoms with E-state index >= 15 is 0 Å². The molecule has 68 valence electrons. The summed E-state index contributed by atoms with van der Waals surface area (Å²) in [6.45, 7) is 1.27. The molecule has 0 saturated heterocycles. The van der Waals surface area contributed by atoms with Crippen LogP contribution < -0.4 is 0 Å². The average molecular weight is 194 g/mol. The number of aliphatic carboxylic acids is 1. The molecule has 1 atom stereocenters. The van der Waals surface area contributed by atoms with Crippen LogP contribution in [0.1, 0.15) is 6.42 Å². The second-order valence-corrected chi connectivity index (χ2v) is 3.88. The summed E-state index contributed by atoms with van der Waals surface area (Å²) >= 11 is 0.768. The third kappa shape index (κ3) is 2.67. The number of aliphatic imine (C=N–C) groups is 1. The summed E-state index contributed by atoms with van der Waals surface area (Å²) in [7, 11) is 0. The van der Waals surface area contributed by atoms with Crippen molar-refractivity contribution in [1.29, 1.82) is 0 Å². The van der Waals surface area contributed by atoms with E-state index < -0.39 is 12.0 Å². The molecule has 13 heavy (non-hydrogen) atoms. The van der Waals surface area contributed by atoms with Gasteiger partial charge in [0.1, 0.15) is 0 Å². The quantitative estimate of drug-likeness (QED) is 0.543. The van der Waals surface area contributed by atoms with Gasteiger partial charge in [0.05, 0.1) is 0 Å². The second-order valence-electron chi connectivity index (χ2n) is 2.99. The topological polar surface area (TPSA) is 73.1 Å². The summed E-state index contributed by atoms with van der Waals surface area (Å²) in [5.74, 6) is -0.875. The van der Waals surface area contributed by atoms with Crippen LogP contribution in [-0.4, -0.2) is 77.8 Å². The van der Waals surface area contributed by atoms with Crippen molar-refractivity contribution < 1.29 is 15.0 Å². The minimum absolute atomic E-state index is 0.0949. The molecule has 0 aliphatic carbocycles. The fourth-order valence-electron chi connectivity index (χ4n) is 1.49. The Kier molecular flexibility index (Phi) is 4.18. The summed E-state index contributed by atoms with van der Waals surface area (Å²) in [6.07, 6.45) is 0.274. The van der Waals surface area contributed by atoms with Crippen LogP contribution in [0.2, 0.25) is 0 Å². The Bertz CT molecular complexity index is 232. The monoisotopic (exact) mass is 194 g/mol. The van der Waals surface area contributed by atoms with Crippen LogP contribution in [0.15, 0.2) is 4.99 Å². The van der Waals surface area contributed by atoms with Crippen molar-refractivity contribution in [2.75, 3.05) is 19.7 Å². The van der Waals surface area contributed by atoms with E-state index in [1.807, 2.05) is 0 Å². The van der Waals surface area contributed by atoms with E-state index in [9.17, 15) is 4.79 Å². The van der Waals surface area contributed by atoms with Gasteiger partial charge in [-0.05, 0) is 0 Å². The van der Waals surface area contributed by atoms with Gasteiger partial charge < -0.3 is 0 Å². The molecule has 5 nitrogen and oxygen atoms in total. The van der Waals surface area contributed by atoms with Gasteiger partial charge in [0.25, 0.3) is 0 Å². The third-order valence-corrected chi connectivity index (χ3v) is 3.05. The summed E-state index contributed by atoms with van der Waals surface area (Å²) in [6, 6.07) is -0.594. The first kappa shape index (κ1) is 11.0. The first-order chi connectivity index (χ1) is 6.16. The first-order valence-electron chi connectivity index (χ1n) is 4.28. The molecule has 0 aromatic rings. The number of carboxylic acid groups (broad SMARTS) is 1. The molecule has 0 fully saturated rings. The predicted octanol–water partition coefficient (Wildman–Crippen LogP) is -1.34. The van der Waals surface area contributed by atoms with E-state index in [0.717, 1.165) is 31.0 Å². The summed E-state index contributed by atoms with van der Waals surface area (Å²) < 4.78 is 0.890. The van der Waals surface area contributed by atoms with Crippen LogP contribution in [0, 0.1) is 0 Å². The molecule has 1 aliphatic heterocycles. The van der Waals surface area contributed by atoms with Crippen molar-refractivity contribution in [3.63, 3.8) is 0 Å². The first-order valence-corrected chi connectivity index (χ1v) is 5.28. The zero-order valence-electron chi connectivity index (χ0n) is 7.60. The number of hydrogen-bond acceptors (Lipinski definition) is 4. The number of rotatable bonds is 4. The van der Waals surface area contributed by atoms with E-state index in [1.54, 1.807) is 4.90 Å². The van der Waals surface area contributed by atoms with Gasteiger partial charge in [-0.3, -0.25) is 0 Å². The molecule has 0 saturated carbocycles. The van der Waals surface area contributed by atoms with Gasteiger partial charge in [-0.15, -0.1) is 0 Å². The molecular formula is C7H11N2NaO3. The van der Waals surface area contributed by atoms with Crippen molar-refractivity contribution in [1.82, 2.24) is 4.90 Å². The molecule has 1 aliphatic rings. The number of hydrogen-bond donors (Lipinski definition) is 2. The van der Waals surface area contributed by atoms with E-state index in [4.69, 9.17) is 10.2 Å². The Morgan fingerprint density at radius 2 is 2.46 bits per heavy atom. The van der Waals surface area contributed by atoms with E-state index in [1.165, 1.54) is 0 Å². The van der Waals surface area contributed by atoms with Gasteiger partial charge in [0.15, 0.2) is 0 Å². The summed E-state index contributed by atoms with van der Waals surface area (Å²) in [5, 5.41) is 17.6. The Balaban J connectivity index is 2.64. The van der Waals surface area contributed by atoms with Crippen molar-refractivity contribution >= 4 is 37.0 Å². The molecule has 1 heterocycles. The van der Waals surface area contributed by atoms with Crippen LogP contribution >= 0.6 is 0 Å². The minimum atomic E-state index is -0.875. The maximum absolute atomic E-state index is 10.8. The molecule has 6 heteroatoms. The third-order valence-electron chi connectivity index (χ3n) is 2.16. The molecule has 0 spiro atoms. The predicted molar refractivity (Wildman–Crippen MR) is 47.9 cm³/mol. The standard InChI is InChI=1S/C7H11N2O3.Na/c10-4-1-6(7(11)12)9-3-2-8-5-9;/h6,10H,1-4H2,(H,11,12);. The number of amidine groups is 1. The van der Waals surface area contributed by atoms with Crippen LogP contribution in [0.25, 0.3) is 0 Å². The van der Waals surface area contributed by atoms with E-state index in [2.05, 4.69) is 4.99 Å². The van der Waals surface area contributed by atoms with Gasteiger partial charge in [0, 0.05) is 0 Å². The van der Waals surface area contributed by atoms with Crippen molar-refractivity contribution in [3.05, 3.63) is 0 Å². The maximum atomic E-state index is 10.8. The van der Waals surface area contributed by atoms with Gasteiger partial charge in [0.2, 0.25) is 0 Å². The number of nitrogens with zero attached hydrogens (tertiary/aromatic N) is 2. The normalized spacial score (nSPS) is 18.7. The fraction of sp³-hybridized carbons (Fsp3) is 0.714. The zero-order chi connectivity index (χ0) is 9.84. The Morgan fingerprint density at radius 1 is 1.77 bits per heavy atom. The molecular weight excluding hydrogens is 183 g/mol. The Hall–Kier alpha value is -0.100. The molecule has 0 bridgehead atoms. The van der Waals surface area contributed by atoms with Crippen LogP contribution in [0.3, 0.4) is 0 Å². The van der Waals surface area contributed by atoms with Crippen LogP contribution in [0.4, 0.5) is 0 Å². The molecule has 1 rings (SSSR count). The van der Waals surface area contributed by atoms with E-state index in [0.29, 0.717) is 13.1 Å². The van der Waals surface area contributed by atoms with Crippen LogP contribution in [-0.2, 0) is 4.79 Å². The van der Waals surface area contributed by atoms with Gasteiger partial charge in [-0.25, -0.2) is 0 Å². The SMILES string of the molecule is O=C(O)C(CCO)N1CCN=[C]1[Na]. The van der Waals surface area contributed by atoms with Crippen LogP contribution in [0.5, 0.6) is 0 Å². The summed E-state index contributed by atoms with van der Waals surface area (Å²) in [4.78, 5) is 16.8. The second kappa shape index (κ2) is 4.95. The molecule has 0 radical (unpaired) electrons. The zero-order valence-corrected chi connectivity index (χ0v) is 9.60. The molecule has 0 aromatic carbocycles. The van der Waals surface area contributed by atoms with Crippen molar-refractivity contribution in [2.45, 2.75) is 12.5 Å². The average Bonchev–Trinajstić information content (AvgIpc) is 2.47. The van der Waals surface area contributed by atoms with Gasteiger partial charge in [-0.2, -0.15) is 0 Å². The number of carbonyl (C=O) groups is 1. The number of aliphatic hydroxyl groups excluding tert-OH is 1. The van der Waals surface area contributed by atoms with Gasteiger partial charge >= 0.3 is 94.0 Å². The molecule has 2 N–H and O–H groups in total. The molecule has 1 unspecified atom stereocenters. The summed E-state index contributed by atoms with van der Waals surface area (Å²) in [5.41, 5.74) is 0. The fourth-order valence-corrected chi connectivity index (χ4v) is 2.25. The van der Waals surface area contributed by atoms with Gasteiger partial charge in [-0.1, -0.05) is 0 Å². The van der Waals surface area contributed by atoms with Crippen molar-refractivity contribution in [3.8, 4) is 0 Å². The molecule has 0 aromatic heterocycles. The Morgan fingerprint density at radius 3 is 2.85 bits per heavy atom.